The largest absolute Gasteiger partial charge is 0.458 e. The third kappa shape index (κ3) is 5.23. The number of benzene rings is 8. The molecule has 0 amide bonds. The second kappa shape index (κ2) is 12.8. The van der Waals surface area contributed by atoms with E-state index in [-0.39, 0.29) is 6.71 Å². The Labute approximate surface area is 326 Å². The van der Waals surface area contributed by atoms with Gasteiger partial charge >= 0.3 is 0 Å². The molecule has 0 fully saturated rings. The highest BCUT2D eigenvalue weighted by Gasteiger charge is 2.41. The van der Waals surface area contributed by atoms with Crippen LogP contribution in [0.25, 0.3) is 44.2 Å². The molecule has 0 saturated heterocycles. The molecule has 0 unspecified atom stereocenters. The highest BCUT2D eigenvalue weighted by atomic mass is 16.5. The quantitative estimate of drug-likeness (QED) is 0.160. The van der Waals surface area contributed by atoms with Gasteiger partial charge in [0.05, 0.1) is 11.4 Å². The first-order valence-electron chi connectivity index (χ1n) is 19.3. The van der Waals surface area contributed by atoms with E-state index in [2.05, 4.69) is 170 Å². The summed E-state index contributed by atoms with van der Waals surface area (Å²) in [4.78, 5) is 2.28. The standard InChI is InChI=1S/C51H36BNO3/c1-32(2)33-20-24-38(25-21-33)53(44-18-11-17-41-40-16-9-10-19-45(40)56-51(41)44)39-30-48-50-49(31-39)55-47-29-37(35-14-7-4-8-15-35)23-27-43(47)52(50)42-26-22-36(28-46(42)54-48)34-12-5-3-6-13-34/h3-32H,1-2H3. The Kier molecular flexibility index (Phi) is 7.43. The van der Waals surface area contributed by atoms with Crippen LogP contribution in [0.15, 0.2) is 180 Å². The van der Waals surface area contributed by atoms with E-state index in [1.165, 1.54) is 5.56 Å². The molecule has 266 valence electrons. The first-order chi connectivity index (χ1) is 27.6. The Morgan fingerprint density at radius 1 is 0.464 bits per heavy atom. The number of furan rings is 1. The molecule has 2 aliphatic rings. The number of hydrogen-bond donors (Lipinski definition) is 0. The minimum atomic E-state index is -0.0752. The van der Waals surface area contributed by atoms with Crippen molar-refractivity contribution in [1.29, 1.82) is 0 Å². The zero-order valence-electron chi connectivity index (χ0n) is 31.1. The van der Waals surface area contributed by atoms with Gasteiger partial charge in [0, 0.05) is 34.1 Å². The molecule has 56 heavy (non-hydrogen) atoms. The van der Waals surface area contributed by atoms with Gasteiger partial charge in [-0.25, -0.2) is 0 Å². The lowest BCUT2D eigenvalue weighted by Crippen LogP contribution is -2.57. The maximum absolute atomic E-state index is 7.01. The summed E-state index contributed by atoms with van der Waals surface area (Å²) in [7, 11) is 0. The minimum Gasteiger partial charge on any atom is -0.458 e. The summed E-state index contributed by atoms with van der Waals surface area (Å²) in [6.45, 7) is 4.38. The molecule has 2 aliphatic heterocycles. The van der Waals surface area contributed by atoms with Crippen LogP contribution in [0.3, 0.4) is 0 Å². The lowest BCUT2D eigenvalue weighted by Gasteiger charge is -2.35. The summed E-state index contributed by atoms with van der Waals surface area (Å²) >= 11 is 0. The van der Waals surface area contributed by atoms with Crippen molar-refractivity contribution in [2.45, 2.75) is 19.8 Å². The van der Waals surface area contributed by atoms with Crippen molar-refractivity contribution in [1.82, 2.24) is 0 Å². The summed E-state index contributed by atoms with van der Waals surface area (Å²) in [5.41, 5.74) is 13.6. The van der Waals surface area contributed by atoms with Gasteiger partial charge in [-0.1, -0.05) is 141 Å². The smallest absolute Gasteiger partial charge is 0.260 e. The molecular formula is C51H36BNO3. The third-order valence-electron chi connectivity index (χ3n) is 11.4. The average molecular weight is 722 g/mol. The molecule has 9 aromatic rings. The van der Waals surface area contributed by atoms with Crippen LogP contribution >= 0.6 is 0 Å². The maximum Gasteiger partial charge on any atom is 0.260 e. The van der Waals surface area contributed by atoms with Crippen molar-refractivity contribution < 1.29 is 13.9 Å². The highest BCUT2D eigenvalue weighted by molar-refractivity contribution is 6.98. The van der Waals surface area contributed by atoms with Gasteiger partial charge in [0.15, 0.2) is 5.58 Å². The van der Waals surface area contributed by atoms with Gasteiger partial charge in [0.1, 0.15) is 28.6 Å². The van der Waals surface area contributed by atoms with Gasteiger partial charge in [0.25, 0.3) is 6.71 Å². The van der Waals surface area contributed by atoms with Crippen LogP contribution < -0.4 is 30.8 Å². The van der Waals surface area contributed by atoms with Crippen molar-refractivity contribution in [3.63, 3.8) is 0 Å². The van der Waals surface area contributed by atoms with Gasteiger partial charge in [-0.3, -0.25) is 0 Å². The average Bonchev–Trinajstić information content (AvgIpc) is 3.63. The molecule has 0 bridgehead atoms. The van der Waals surface area contributed by atoms with Crippen LogP contribution in [0.1, 0.15) is 25.3 Å². The van der Waals surface area contributed by atoms with Crippen molar-refractivity contribution >= 4 is 62.1 Å². The number of anilines is 3. The minimum absolute atomic E-state index is 0.0752. The Balaban J connectivity index is 1.14. The molecule has 0 radical (unpaired) electrons. The monoisotopic (exact) mass is 721 g/mol. The second-order valence-corrected chi connectivity index (χ2v) is 15.1. The number of ether oxygens (including phenoxy) is 2. The molecule has 0 spiro atoms. The van der Waals surface area contributed by atoms with E-state index < -0.39 is 0 Å². The van der Waals surface area contributed by atoms with Crippen molar-refractivity contribution in [2.24, 2.45) is 0 Å². The van der Waals surface area contributed by atoms with Crippen LogP contribution in [0.5, 0.6) is 23.0 Å². The van der Waals surface area contributed by atoms with E-state index in [0.717, 1.165) is 101 Å². The number of fused-ring (bicyclic) bond motifs is 7. The van der Waals surface area contributed by atoms with E-state index >= 15 is 0 Å². The highest BCUT2D eigenvalue weighted by Crippen LogP contribution is 2.46. The maximum atomic E-state index is 7.01. The summed E-state index contributed by atoms with van der Waals surface area (Å²) in [5, 5.41) is 2.16. The SMILES string of the molecule is CC(C)c1ccc(N(c2cc3c4c(c2)Oc2cc(-c5ccccc5)ccc2B4c2ccc(-c4ccccc4)cc2O3)c2cccc3c2oc2ccccc23)cc1. The first kappa shape index (κ1) is 32.5. The fraction of sp³-hybridized carbons (Fsp3) is 0.0588. The van der Waals surface area contributed by atoms with Gasteiger partial charge < -0.3 is 18.8 Å². The molecule has 0 aliphatic carbocycles. The zero-order valence-corrected chi connectivity index (χ0v) is 31.1. The van der Waals surface area contributed by atoms with Crippen LogP contribution in [-0.4, -0.2) is 6.71 Å². The van der Waals surface area contributed by atoms with Crippen LogP contribution in [0.2, 0.25) is 0 Å². The second-order valence-electron chi connectivity index (χ2n) is 15.1. The number of hydrogen-bond acceptors (Lipinski definition) is 4. The van der Waals surface area contributed by atoms with E-state index in [9.17, 15) is 0 Å². The number of nitrogens with zero attached hydrogens (tertiary/aromatic N) is 1. The lowest BCUT2D eigenvalue weighted by atomic mass is 9.34. The van der Waals surface area contributed by atoms with Crippen LogP contribution in [0.4, 0.5) is 17.1 Å². The fourth-order valence-electron chi connectivity index (χ4n) is 8.57. The zero-order chi connectivity index (χ0) is 37.3. The van der Waals surface area contributed by atoms with Crippen molar-refractivity contribution in [3.05, 3.63) is 181 Å². The van der Waals surface area contributed by atoms with Gasteiger partial charge in [-0.15, -0.1) is 0 Å². The van der Waals surface area contributed by atoms with E-state index in [1.54, 1.807) is 0 Å². The van der Waals surface area contributed by atoms with E-state index in [4.69, 9.17) is 13.9 Å². The molecule has 0 saturated carbocycles. The number of para-hydroxylation sites is 2. The summed E-state index contributed by atoms with van der Waals surface area (Å²) in [6.07, 6.45) is 0. The molecule has 0 N–H and O–H groups in total. The lowest BCUT2D eigenvalue weighted by molar-refractivity contribution is 0.465. The van der Waals surface area contributed by atoms with E-state index in [1.807, 2.05) is 24.3 Å². The Morgan fingerprint density at radius 2 is 1.04 bits per heavy atom. The summed E-state index contributed by atoms with van der Waals surface area (Å²) in [6, 6.07) is 62.1. The first-order valence-corrected chi connectivity index (χ1v) is 19.3. The van der Waals surface area contributed by atoms with Crippen LogP contribution in [-0.2, 0) is 0 Å². The molecule has 0 atom stereocenters. The Hall–Kier alpha value is -6.98. The molecule has 1 aromatic heterocycles. The summed E-state index contributed by atoms with van der Waals surface area (Å²) < 4.78 is 20.7. The predicted molar refractivity (Wildman–Crippen MR) is 231 cm³/mol. The molecule has 11 rings (SSSR count). The molecule has 5 heteroatoms. The normalized spacial score (nSPS) is 12.5. The van der Waals surface area contributed by atoms with Crippen LogP contribution in [0, 0.1) is 0 Å². The van der Waals surface area contributed by atoms with Crippen molar-refractivity contribution in [3.8, 4) is 45.3 Å². The fourth-order valence-corrected chi connectivity index (χ4v) is 8.57. The van der Waals surface area contributed by atoms with Crippen molar-refractivity contribution in [2.75, 3.05) is 4.90 Å². The molecule has 4 nitrogen and oxygen atoms in total. The predicted octanol–water partition coefficient (Wildman–Crippen LogP) is 12.2. The topological polar surface area (TPSA) is 34.8 Å². The number of rotatable bonds is 6. The third-order valence-corrected chi connectivity index (χ3v) is 11.4. The van der Waals surface area contributed by atoms with E-state index in [0.29, 0.717) is 5.92 Å². The van der Waals surface area contributed by atoms with Gasteiger partial charge in [-0.05, 0) is 81.1 Å². The molecule has 3 heterocycles. The Bertz CT molecular complexity index is 2840. The summed E-state index contributed by atoms with van der Waals surface area (Å²) in [5.74, 6) is 3.65. The van der Waals surface area contributed by atoms with Gasteiger partial charge in [-0.2, -0.15) is 0 Å². The molecular weight excluding hydrogens is 685 g/mol. The Morgan fingerprint density at radius 3 is 1.64 bits per heavy atom. The molecule has 8 aromatic carbocycles. The van der Waals surface area contributed by atoms with Gasteiger partial charge in [0.2, 0.25) is 0 Å².